The molecule has 0 aromatic carbocycles. The molecule has 14 heavy (non-hydrogen) atoms. The zero-order chi connectivity index (χ0) is 10.4. The average molecular weight is 195 g/mol. The number of hydrogen-bond donors (Lipinski definition) is 1. The lowest BCUT2D eigenvalue weighted by Gasteiger charge is -2.47. The summed E-state index contributed by atoms with van der Waals surface area (Å²) in [6.07, 6.45) is 5.62. The third kappa shape index (κ3) is 2.70. The highest BCUT2D eigenvalue weighted by molar-refractivity contribution is 4.97. The Hall–Kier alpha value is -0.590. The Morgan fingerprint density at radius 3 is 2.57 bits per heavy atom. The van der Waals surface area contributed by atoms with Crippen LogP contribution in [-0.2, 0) is 0 Å². The molecule has 80 valence electrons. The highest BCUT2D eigenvalue weighted by Gasteiger charge is 2.38. The molecule has 1 aliphatic rings. The smallest absolute Gasteiger partial charge is 0.0622 e. The molecule has 1 fully saturated rings. The van der Waals surface area contributed by atoms with Gasteiger partial charge in [-0.05, 0) is 46.3 Å². The van der Waals surface area contributed by atoms with Crippen LogP contribution < -0.4 is 5.32 Å². The zero-order valence-corrected chi connectivity index (χ0v) is 9.34. The predicted octanol–water partition coefficient (Wildman–Crippen LogP) is 1.36. The van der Waals surface area contributed by atoms with Gasteiger partial charge in [0.15, 0.2) is 0 Å². The minimum absolute atomic E-state index is 0.409. The van der Waals surface area contributed by atoms with E-state index in [9.17, 15) is 0 Å². The van der Waals surface area contributed by atoms with Crippen LogP contribution in [0.2, 0.25) is 0 Å². The van der Waals surface area contributed by atoms with Crippen LogP contribution in [0.25, 0.3) is 0 Å². The molecule has 0 aromatic rings. The van der Waals surface area contributed by atoms with E-state index in [0.29, 0.717) is 12.0 Å². The summed E-state index contributed by atoms with van der Waals surface area (Å²) in [6.45, 7) is 2.05. The Morgan fingerprint density at radius 2 is 2.14 bits per heavy atom. The van der Waals surface area contributed by atoms with E-state index in [1.165, 1.54) is 19.3 Å². The molecule has 0 unspecified atom stereocenters. The molecule has 3 nitrogen and oxygen atoms in total. The first-order valence-corrected chi connectivity index (χ1v) is 5.46. The largest absolute Gasteiger partial charge is 0.315 e. The van der Waals surface area contributed by atoms with E-state index >= 15 is 0 Å². The van der Waals surface area contributed by atoms with Gasteiger partial charge in [0.05, 0.1) is 6.07 Å². The molecule has 0 aliphatic heterocycles. The first kappa shape index (κ1) is 11.5. The third-order valence-electron chi connectivity index (χ3n) is 3.33. The Labute approximate surface area is 87.1 Å². The van der Waals surface area contributed by atoms with Crippen LogP contribution in [0.1, 0.15) is 32.1 Å². The maximum Gasteiger partial charge on any atom is 0.0622 e. The quantitative estimate of drug-likeness (QED) is 0.650. The summed E-state index contributed by atoms with van der Waals surface area (Å²) >= 11 is 0. The van der Waals surface area contributed by atoms with Gasteiger partial charge in [0.2, 0.25) is 0 Å². The second-order valence-corrected chi connectivity index (χ2v) is 4.41. The Morgan fingerprint density at radius 1 is 1.43 bits per heavy atom. The van der Waals surface area contributed by atoms with Gasteiger partial charge in [-0.25, -0.2) is 0 Å². The van der Waals surface area contributed by atoms with Gasteiger partial charge in [0.1, 0.15) is 0 Å². The molecule has 0 aromatic heterocycles. The Balaban J connectivity index is 2.13. The molecule has 0 bridgehead atoms. The maximum atomic E-state index is 8.39. The molecule has 0 saturated heterocycles. The minimum Gasteiger partial charge on any atom is -0.315 e. The number of hydrogen-bond acceptors (Lipinski definition) is 3. The van der Waals surface area contributed by atoms with Crippen molar-refractivity contribution < 1.29 is 0 Å². The molecule has 1 rings (SSSR count). The molecule has 0 amide bonds. The monoisotopic (exact) mass is 195 g/mol. The van der Waals surface area contributed by atoms with Crippen molar-refractivity contribution in [1.29, 1.82) is 5.26 Å². The van der Waals surface area contributed by atoms with Crippen LogP contribution in [0.5, 0.6) is 0 Å². The van der Waals surface area contributed by atoms with Crippen LogP contribution in [-0.4, -0.2) is 37.6 Å². The predicted molar refractivity (Wildman–Crippen MR) is 58.0 cm³/mol. The number of nitriles is 1. The first-order chi connectivity index (χ1) is 6.71. The van der Waals surface area contributed by atoms with E-state index in [1.54, 1.807) is 0 Å². The van der Waals surface area contributed by atoms with Gasteiger partial charge in [0, 0.05) is 18.5 Å². The summed E-state index contributed by atoms with van der Waals surface area (Å²) < 4.78 is 0. The van der Waals surface area contributed by atoms with Gasteiger partial charge in [-0.3, -0.25) is 0 Å². The van der Waals surface area contributed by atoms with Gasteiger partial charge in [-0.15, -0.1) is 0 Å². The second kappa shape index (κ2) is 5.33. The summed E-state index contributed by atoms with van der Waals surface area (Å²) in [7, 11) is 4.33. The SMILES string of the molecule is CN(C)C1(CNCCCC#N)CCC1. The van der Waals surface area contributed by atoms with Crippen LogP contribution in [0.4, 0.5) is 0 Å². The van der Waals surface area contributed by atoms with Crippen LogP contribution in [0.3, 0.4) is 0 Å². The molecule has 0 atom stereocenters. The van der Waals surface area contributed by atoms with Crippen molar-refractivity contribution in [2.24, 2.45) is 0 Å². The normalized spacial score (nSPS) is 19.0. The zero-order valence-electron chi connectivity index (χ0n) is 9.34. The van der Waals surface area contributed by atoms with Crippen LogP contribution in [0, 0.1) is 11.3 Å². The molecular formula is C11H21N3. The molecule has 1 aliphatic carbocycles. The fourth-order valence-electron chi connectivity index (χ4n) is 1.98. The number of unbranched alkanes of at least 4 members (excludes halogenated alkanes) is 1. The number of rotatable bonds is 6. The number of nitrogens with one attached hydrogen (secondary N) is 1. The van der Waals surface area contributed by atoms with E-state index in [4.69, 9.17) is 5.26 Å². The molecule has 0 radical (unpaired) electrons. The standard InChI is InChI=1S/C11H21N3/c1-14(2)11(6-5-7-11)10-13-9-4-3-8-12/h13H,3-7,9-10H2,1-2H3. The lowest BCUT2D eigenvalue weighted by atomic mass is 9.75. The van der Waals surface area contributed by atoms with E-state index in [1.807, 2.05) is 0 Å². The minimum atomic E-state index is 0.409. The fraction of sp³-hybridized carbons (Fsp3) is 0.909. The third-order valence-corrected chi connectivity index (χ3v) is 3.33. The van der Waals surface area contributed by atoms with E-state index in [2.05, 4.69) is 30.4 Å². The van der Waals surface area contributed by atoms with Gasteiger partial charge in [-0.2, -0.15) is 5.26 Å². The average Bonchev–Trinajstić information content (AvgIpc) is 2.07. The van der Waals surface area contributed by atoms with E-state index < -0.39 is 0 Å². The topological polar surface area (TPSA) is 39.1 Å². The van der Waals surface area contributed by atoms with E-state index in [0.717, 1.165) is 19.5 Å². The van der Waals surface area contributed by atoms with E-state index in [-0.39, 0.29) is 0 Å². The van der Waals surface area contributed by atoms with Crippen molar-refractivity contribution in [3.05, 3.63) is 0 Å². The fourth-order valence-corrected chi connectivity index (χ4v) is 1.98. The van der Waals surface area contributed by atoms with Crippen LogP contribution in [0.15, 0.2) is 0 Å². The molecule has 0 spiro atoms. The Bertz CT molecular complexity index is 201. The van der Waals surface area contributed by atoms with Crippen LogP contribution >= 0.6 is 0 Å². The number of nitrogens with zero attached hydrogens (tertiary/aromatic N) is 2. The summed E-state index contributed by atoms with van der Waals surface area (Å²) in [6, 6.07) is 2.17. The summed E-state index contributed by atoms with van der Waals surface area (Å²) in [5.41, 5.74) is 0.409. The van der Waals surface area contributed by atoms with Gasteiger partial charge in [0.25, 0.3) is 0 Å². The van der Waals surface area contributed by atoms with Crippen molar-refractivity contribution in [2.45, 2.75) is 37.6 Å². The lowest BCUT2D eigenvalue weighted by Crippen LogP contribution is -2.56. The highest BCUT2D eigenvalue weighted by Crippen LogP contribution is 2.35. The van der Waals surface area contributed by atoms with Gasteiger partial charge in [-0.1, -0.05) is 0 Å². The van der Waals surface area contributed by atoms with Crippen molar-refractivity contribution in [3.63, 3.8) is 0 Å². The summed E-state index contributed by atoms with van der Waals surface area (Å²) in [4.78, 5) is 2.34. The molecular weight excluding hydrogens is 174 g/mol. The molecule has 1 N–H and O–H groups in total. The first-order valence-electron chi connectivity index (χ1n) is 5.46. The summed E-state index contributed by atoms with van der Waals surface area (Å²) in [5, 5.41) is 11.8. The Kier molecular flexibility index (Phi) is 4.37. The summed E-state index contributed by atoms with van der Waals surface area (Å²) in [5.74, 6) is 0. The van der Waals surface area contributed by atoms with Gasteiger partial charge >= 0.3 is 0 Å². The number of likely N-dealkylation sites (N-methyl/N-ethyl adjacent to an activating group) is 1. The van der Waals surface area contributed by atoms with Crippen molar-refractivity contribution in [1.82, 2.24) is 10.2 Å². The van der Waals surface area contributed by atoms with Crippen molar-refractivity contribution in [3.8, 4) is 6.07 Å². The lowest BCUT2D eigenvalue weighted by molar-refractivity contribution is 0.0603. The molecule has 3 heteroatoms. The maximum absolute atomic E-state index is 8.39. The molecule has 0 heterocycles. The molecule has 1 saturated carbocycles. The van der Waals surface area contributed by atoms with Crippen molar-refractivity contribution in [2.75, 3.05) is 27.2 Å². The van der Waals surface area contributed by atoms with Crippen molar-refractivity contribution >= 4 is 0 Å². The second-order valence-electron chi connectivity index (χ2n) is 4.41. The van der Waals surface area contributed by atoms with Gasteiger partial charge < -0.3 is 10.2 Å². The highest BCUT2D eigenvalue weighted by atomic mass is 15.2.